The number of fused-ring (bicyclic) bond motifs is 3. The lowest BCUT2D eigenvalue weighted by molar-refractivity contribution is 1.07. The lowest BCUT2D eigenvalue weighted by Crippen LogP contribution is -2.00. The molecule has 2 aromatic heterocycles. The van der Waals surface area contributed by atoms with Crippen molar-refractivity contribution < 1.29 is 0 Å². The Balaban J connectivity index is 1.14. The minimum atomic E-state index is 0.637. The molecule has 1 aliphatic carbocycles. The summed E-state index contributed by atoms with van der Waals surface area (Å²) in [6, 6.07) is 64.5. The summed E-state index contributed by atoms with van der Waals surface area (Å²) in [4.78, 5) is 15.0. The zero-order valence-corrected chi connectivity index (χ0v) is 28.6. The monoisotopic (exact) mass is 674 g/mol. The van der Waals surface area contributed by atoms with Crippen LogP contribution in [0.25, 0.3) is 106 Å². The molecule has 4 nitrogen and oxygen atoms in total. The van der Waals surface area contributed by atoms with Crippen LogP contribution in [0.3, 0.4) is 0 Å². The predicted octanol–water partition coefficient (Wildman–Crippen LogP) is 12.4. The number of hydrogen-bond acceptors (Lipinski definition) is 3. The molecule has 10 aromatic rings. The third kappa shape index (κ3) is 4.59. The molecular formula is C49H30N4. The molecule has 0 unspecified atom stereocenters. The molecule has 0 spiro atoms. The average Bonchev–Trinajstić information content (AvgIpc) is 3.52. The van der Waals surface area contributed by atoms with Gasteiger partial charge in [0.2, 0.25) is 0 Å². The first-order valence-corrected chi connectivity index (χ1v) is 18.0. The van der Waals surface area contributed by atoms with E-state index in [1.807, 2.05) is 60.7 Å². The van der Waals surface area contributed by atoms with Crippen molar-refractivity contribution in [3.05, 3.63) is 182 Å². The Hall–Kier alpha value is -7.17. The highest BCUT2D eigenvalue weighted by molar-refractivity contribution is 6.30. The van der Waals surface area contributed by atoms with Crippen LogP contribution in [0.2, 0.25) is 0 Å². The highest BCUT2D eigenvalue weighted by Gasteiger charge is 2.25. The first-order valence-electron chi connectivity index (χ1n) is 18.0. The molecule has 11 rings (SSSR count). The summed E-state index contributed by atoms with van der Waals surface area (Å²) < 4.78 is 2.46. The predicted molar refractivity (Wildman–Crippen MR) is 218 cm³/mol. The SMILES string of the molecule is c1ccc(-c2nc(-c3ccccc3)nc(-c3cccc(-c4ccccc4-n4c5cccc6c5c5c7c(cccc7ccc54)-c4ccccc4-6)c3)n2)cc1. The van der Waals surface area contributed by atoms with Gasteiger partial charge in [-0.2, -0.15) is 0 Å². The fourth-order valence-corrected chi connectivity index (χ4v) is 8.26. The molecule has 0 saturated carbocycles. The highest BCUT2D eigenvalue weighted by atomic mass is 15.0. The standard InChI is InChI=1S/C49H30N4/c1-3-14-32(15-4-1)47-50-48(33-16-5-2-6-17-33)52-49(51-47)35-20-11-19-34(30-35)36-21-9-10-26-41(36)53-42-27-13-25-40-38-23-8-7-22-37(38)39-24-12-18-31-28-29-43(53)46(44(31)39)45(40)42/h1-30H. The van der Waals surface area contributed by atoms with Crippen molar-refractivity contribution >= 4 is 32.6 Å². The largest absolute Gasteiger partial charge is 0.309 e. The summed E-state index contributed by atoms with van der Waals surface area (Å²) in [6.07, 6.45) is 0. The van der Waals surface area contributed by atoms with Gasteiger partial charge in [-0.05, 0) is 62.9 Å². The topological polar surface area (TPSA) is 43.6 Å². The summed E-state index contributed by atoms with van der Waals surface area (Å²) in [5, 5.41) is 5.16. The highest BCUT2D eigenvalue weighted by Crippen LogP contribution is 2.50. The van der Waals surface area contributed by atoms with E-state index in [-0.39, 0.29) is 0 Å². The molecule has 2 heterocycles. The Kier molecular flexibility index (Phi) is 6.52. The average molecular weight is 675 g/mol. The van der Waals surface area contributed by atoms with Crippen LogP contribution in [0.1, 0.15) is 0 Å². The summed E-state index contributed by atoms with van der Waals surface area (Å²) in [7, 11) is 0. The van der Waals surface area contributed by atoms with Gasteiger partial charge in [0, 0.05) is 33.0 Å². The van der Waals surface area contributed by atoms with E-state index in [0.29, 0.717) is 17.5 Å². The second-order valence-corrected chi connectivity index (χ2v) is 13.6. The molecule has 4 heteroatoms. The van der Waals surface area contributed by atoms with E-state index < -0.39 is 0 Å². The zero-order chi connectivity index (χ0) is 34.9. The smallest absolute Gasteiger partial charge is 0.164 e. The van der Waals surface area contributed by atoms with Crippen LogP contribution in [-0.2, 0) is 0 Å². The van der Waals surface area contributed by atoms with Gasteiger partial charge in [-0.25, -0.2) is 15.0 Å². The Labute approximate surface area is 306 Å². The van der Waals surface area contributed by atoms with Gasteiger partial charge in [-0.3, -0.25) is 0 Å². The van der Waals surface area contributed by atoms with Crippen LogP contribution in [0.4, 0.5) is 0 Å². The third-order valence-electron chi connectivity index (χ3n) is 10.6. The maximum atomic E-state index is 5.03. The van der Waals surface area contributed by atoms with Gasteiger partial charge in [0.25, 0.3) is 0 Å². The Morgan fingerprint density at radius 2 is 0.792 bits per heavy atom. The molecule has 0 N–H and O–H groups in total. The van der Waals surface area contributed by atoms with Crippen molar-refractivity contribution in [3.63, 3.8) is 0 Å². The van der Waals surface area contributed by atoms with Crippen LogP contribution in [0.15, 0.2) is 182 Å². The van der Waals surface area contributed by atoms with Gasteiger partial charge in [-0.15, -0.1) is 0 Å². The van der Waals surface area contributed by atoms with Gasteiger partial charge < -0.3 is 4.57 Å². The zero-order valence-electron chi connectivity index (χ0n) is 28.6. The Morgan fingerprint density at radius 1 is 0.302 bits per heavy atom. The van der Waals surface area contributed by atoms with Crippen LogP contribution in [0, 0.1) is 0 Å². The fourth-order valence-electron chi connectivity index (χ4n) is 8.26. The molecule has 1 aliphatic rings. The summed E-state index contributed by atoms with van der Waals surface area (Å²) in [6.45, 7) is 0. The molecular weight excluding hydrogens is 645 g/mol. The van der Waals surface area contributed by atoms with Crippen LogP contribution in [0.5, 0.6) is 0 Å². The van der Waals surface area contributed by atoms with E-state index in [2.05, 4.69) is 126 Å². The van der Waals surface area contributed by atoms with E-state index in [1.165, 1.54) is 54.8 Å². The molecule has 0 amide bonds. The van der Waals surface area contributed by atoms with Gasteiger partial charge in [0.15, 0.2) is 17.5 Å². The van der Waals surface area contributed by atoms with E-state index >= 15 is 0 Å². The van der Waals surface area contributed by atoms with Crippen molar-refractivity contribution in [1.82, 2.24) is 19.5 Å². The van der Waals surface area contributed by atoms with E-state index in [1.54, 1.807) is 0 Å². The molecule has 0 radical (unpaired) electrons. The lowest BCUT2D eigenvalue weighted by atomic mass is 9.93. The third-order valence-corrected chi connectivity index (χ3v) is 10.6. The summed E-state index contributed by atoms with van der Waals surface area (Å²) in [5.74, 6) is 1.94. The van der Waals surface area contributed by atoms with E-state index in [4.69, 9.17) is 15.0 Å². The number of para-hydroxylation sites is 1. The normalized spacial score (nSPS) is 11.8. The minimum Gasteiger partial charge on any atom is -0.309 e. The second kappa shape index (κ2) is 11.7. The van der Waals surface area contributed by atoms with Crippen molar-refractivity contribution in [2.75, 3.05) is 0 Å². The van der Waals surface area contributed by atoms with Crippen molar-refractivity contribution in [1.29, 1.82) is 0 Å². The molecule has 246 valence electrons. The van der Waals surface area contributed by atoms with Gasteiger partial charge in [0.1, 0.15) is 0 Å². The summed E-state index contributed by atoms with van der Waals surface area (Å²) >= 11 is 0. The van der Waals surface area contributed by atoms with Gasteiger partial charge >= 0.3 is 0 Å². The Morgan fingerprint density at radius 3 is 1.49 bits per heavy atom. The number of benzene rings is 8. The quantitative estimate of drug-likeness (QED) is 0.182. The lowest BCUT2D eigenvalue weighted by Gasteiger charge is -2.16. The minimum absolute atomic E-state index is 0.637. The fraction of sp³-hybridized carbons (Fsp3) is 0. The van der Waals surface area contributed by atoms with Crippen LogP contribution in [-0.4, -0.2) is 19.5 Å². The molecule has 0 atom stereocenters. The first kappa shape index (κ1) is 29.5. The number of aromatic nitrogens is 4. The molecule has 0 fully saturated rings. The van der Waals surface area contributed by atoms with Crippen LogP contribution >= 0.6 is 0 Å². The molecule has 8 aromatic carbocycles. The van der Waals surface area contributed by atoms with Gasteiger partial charge in [-0.1, -0.05) is 158 Å². The summed E-state index contributed by atoms with van der Waals surface area (Å²) in [5.41, 5.74) is 13.7. The van der Waals surface area contributed by atoms with Crippen LogP contribution < -0.4 is 0 Å². The first-order chi connectivity index (χ1) is 26.3. The van der Waals surface area contributed by atoms with E-state index in [0.717, 1.165) is 33.5 Å². The number of hydrogen-bond donors (Lipinski definition) is 0. The van der Waals surface area contributed by atoms with Gasteiger partial charge in [0.05, 0.1) is 16.7 Å². The van der Waals surface area contributed by atoms with Crippen molar-refractivity contribution in [2.24, 2.45) is 0 Å². The van der Waals surface area contributed by atoms with Crippen molar-refractivity contribution in [2.45, 2.75) is 0 Å². The maximum Gasteiger partial charge on any atom is 0.164 e. The maximum absolute atomic E-state index is 5.03. The molecule has 0 saturated heterocycles. The van der Waals surface area contributed by atoms with E-state index in [9.17, 15) is 0 Å². The number of rotatable bonds is 5. The molecule has 53 heavy (non-hydrogen) atoms. The van der Waals surface area contributed by atoms with Crippen molar-refractivity contribution in [3.8, 4) is 73.2 Å². The second-order valence-electron chi connectivity index (χ2n) is 13.6. The molecule has 0 bridgehead atoms. The Bertz CT molecular complexity index is 2990. The number of nitrogens with zero attached hydrogens (tertiary/aromatic N) is 4. The molecule has 0 aliphatic heterocycles.